The van der Waals surface area contributed by atoms with E-state index in [1.807, 2.05) is 43.3 Å². The summed E-state index contributed by atoms with van der Waals surface area (Å²) in [5, 5.41) is 0. The van der Waals surface area contributed by atoms with Gasteiger partial charge in [0.15, 0.2) is 0 Å². The van der Waals surface area contributed by atoms with Crippen LogP contribution in [0.2, 0.25) is 0 Å². The van der Waals surface area contributed by atoms with Gasteiger partial charge in [-0.05, 0) is 43.0 Å². The highest BCUT2D eigenvalue weighted by atomic mass is 16.2. The van der Waals surface area contributed by atoms with E-state index in [0.717, 1.165) is 24.0 Å². The molecule has 0 radical (unpaired) electrons. The minimum absolute atomic E-state index is 0.215. The first-order valence-electron chi connectivity index (χ1n) is 9.00. The molecule has 1 aliphatic carbocycles. The molecule has 4 heteroatoms. The van der Waals surface area contributed by atoms with Crippen molar-refractivity contribution in [2.45, 2.75) is 39.0 Å². The second kappa shape index (κ2) is 5.84. The van der Waals surface area contributed by atoms with E-state index in [-0.39, 0.29) is 11.0 Å². The van der Waals surface area contributed by atoms with E-state index >= 15 is 0 Å². The van der Waals surface area contributed by atoms with Gasteiger partial charge in [-0.3, -0.25) is 4.79 Å². The van der Waals surface area contributed by atoms with E-state index in [4.69, 9.17) is 0 Å². The fourth-order valence-electron chi connectivity index (χ4n) is 4.03. The minimum atomic E-state index is -0.394. The first-order chi connectivity index (χ1) is 12.4. The fourth-order valence-corrected chi connectivity index (χ4v) is 4.03. The molecule has 0 saturated carbocycles. The van der Waals surface area contributed by atoms with Crippen molar-refractivity contribution in [2.75, 3.05) is 0 Å². The fraction of sp³-hybridized carbons (Fsp3) is 0.273. The highest BCUT2D eigenvalue weighted by molar-refractivity contribution is 5.71. The normalized spacial score (nSPS) is 18.3. The highest BCUT2D eigenvalue weighted by Crippen LogP contribution is 2.41. The molecule has 0 unspecified atom stereocenters. The minimum Gasteiger partial charge on any atom is -0.306 e. The molecule has 1 heterocycles. The molecule has 1 aliphatic rings. The molecular weight excluding hydrogens is 324 g/mol. The Balaban J connectivity index is 2.10. The van der Waals surface area contributed by atoms with Gasteiger partial charge in [0.25, 0.3) is 5.56 Å². The molecular formula is C22H22N2O2. The number of H-pyrrole nitrogens is 1. The number of benzene rings is 2. The van der Waals surface area contributed by atoms with Gasteiger partial charge in [-0.1, -0.05) is 50.2 Å². The second-order valence-corrected chi connectivity index (χ2v) is 7.41. The van der Waals surface area contributed by atoms with Crippen LogP contribution < -0.4 is 11.2 Å². The molecule has 26 heavy (non-hydrogen) atoms. The van der Waals surface area contributed by atoms with Crippen LogP contribution >= 0.6 is 0 Å². The summed E-state index contributed by atoms with van der Waals surface area (Å²) in [6.45, 7) is 6.16. The summed E-state index contributed by atoms with van der Waals surface area (Å²) < 4.78 is 1.27. The predicted molar refractivity (Wildman–Crippen MR) is 104 cm³/mol. The van der Waals surface area contributed by atoms with Gasteiger partial charge in [-0.2, -0.15) is 0 Å². The monoisotopic (exact) mass is 346 g/mol. The van der Waals surface area contributed by atoms with E-state index in [9.17, 15) is 9.59 Å². The number of aryl methyl sites for hydroxylation is 1. The lowest BCUT2D eigenvalue weighted by molar-refractivity contribution is 0.437. The Labute approximate surface area is 152 Å². The maximum Gasteiger partial charge on any atom is 0.333 e. The van der Waals surface area contributed by atoms with Crippen molar-refractivity contribution in [3.8, 4) is 16.9 Å². The molecule has 1 atom stereocenters. The highest BCUT2D eigenvalue weighted by Gasteiger charge is 2.37. The third-order valence-electron chi connectivity index (χ3n) is 5.61. The van der Waals surface area contributed by atoms with Gasteiger partial charge in [0.1, 0.15) is 0 Å². The lowest BCUT2D eigenvalue weighted by atomic mass is 9.69. The Morgan fingerprint density at radius 2 is 1.88 bits per heavy atom. The van der Waals surface area contributed by atoms with E-state index < -0.39 is 5.69 Å². The van der Waals surface area contributed by atoms with Gasteiger partial charge >= 0.3 is 5.69 Å². The smallest absolute Gasteiger partial charge is 0.306 e. The lowest BCUT2D eigenvalue weighted by Gasteiger charge is -2.35. The molecule has 4 nitrogen and oxygen atoms in total. The average Bonchev–Trinajstić information content (AvgIpc) is 2.61. The number of aromatic nitrogens is 2. The number of nitrogens with one attached hydrogen (secondary N) is 1. The quantitative estimate of drug-likeness (QED) is 0.769. The van der Waals surface area contributed by atoms with Crippen LogP contribution in [0.15, 0.2) is 58.1 Å². The summed E-state index contributed by atoms with van der Waals surface area (Å²) in [5.41, 5.74) is 4.21. The number of aromatic amines is 1. The zero-order valence-corrected chi connectivity index (χ0v) is 15.3. The number of hydrogen-bond donors (Lipinski definition) is 1. The molecule has 0 fully saturated rings. The Hall–Kier alpha value is -2.88. The Bertz CT molecular complexity index is 1120. The van der Waals surface area contributed by atoms with E-state index in [0.29, 0.717) is 16.9 Å². The molecule has 1 N–H and O–H groups in total. The lowest BCUT2D eigenvalue weighted by Crippen LogP contribution is -2.44. The average molecular weight is 346 g/mol. The number of fused-ring (bicyclic) bond motifs is 3. The van der Waals surface area contributed by atoms with Gasteiger partial charge in [0, 0.05) is 16.5 Å². The zero-order chi connectivity index (χ0) is 18.5. The van der Waals surface area contributed by atoms with Crippen LogP contribution in [0.4, 0.5) is 0 Å². The van der Waals surface area contributed by atoms with Crippen LogP contribution in [0.25, 0.3) is 16.9 Å². The predicted octanol–water partition coefficient (Wildman–Crippen LogP) is 3.73. The summed E-state index contributed by atoms with van der Waals surface area (Å²) >= 11 is 0. The van der Waals surface area contributed by atoms with Crippen molar-refractivity contribution in [1.82, 2.24) is 9.55 Å². The third kappa shape index (κ3) is 2.37. The maximum atomic E-state index is 13.5. The van der Waals surface area contributed by atoms with Crippen molar-refractivity contribution in [2.24, 2.45) is 0 Å². The Morgan fingerprint density at radius 1 is 1.12 bits per heavy atom. The van der Waals surface area contributed by atoms with Gasteiger partial charge in [0.2, 0.25) is 0 Å². The van der Waals surface area contributed by atoms with Gasteiger partial charge in [-0.15, -0.1) is 0 Å². The standard InChI is InChI=1S/C22H22N2O2/c1-4-22(3)13-15-9-5-6-11-17(15)19-18(22)20(25)24(21(26)23-19)16-10-7-8-14(2)12-16/h5-12H,4,13H2,1-3H3,(H,23,26)/t22-/m1/s1. The SMILES string of the molecule is CC[C@]1(C)Cc2ccccc2-c2[nH]c(=O)n(-c3cccc(C)c3)c(=O)c21. The number of rotatable bonds is 2. The largest absolute Gasteiger partial charge is 0.333 e. The molecule has 0 bridgehead atoms. The molecule has 0 aliphatic heterocycles. The van der Waals surface area contributed by atoms with Crippen molar-refractivity contribution in [3.63, 3.8) is 0 Å². The van der Waals surface area contributed by atoms with Gasteiger partial charge in [-0.25, -0.2) is 9.36 Å². The van der Waals surface area contributed by atoms with Crippen molar-refractivity contribution in [3.05, 3.63) is 86.1 Å². The number of hydrogen-bond acceptors (Lipinski definition) is 2. The van der Waals surface area contributed by atoms with Crippen molar-refractivity contribution >= 4 is 0 Å². The van der Waals surface area contributed by atoms with Crippen LogP contribution in [-0.2, 0) is 11.8 Å². The Morgan fingerprint density at radius 3 is 2.62 bits per heavy atom. The molecule has 0 spiro atoms. The van der Waals surface area contributed by atoms with Crippen LogP contribution in [-0.4, -0.2) is 9.55 Å². The number of nitrogens with zero attached hydrogens (tertiary/aromatic N) is 1. The van der Waals surface area contributed by atoms with E-state index in [1.165, 1.54) is 10.1 Å². The van der Waals surface area contributed by atoms with Gasteiger partial charge in [0.05, 0.1) is 11.4 Å². The van der Waals surface area contributed by atoms with E-state index in [1.54, 1.807) is 6.07 Å². The molecule has 132 valence electrons. The van der Waals surface area contributed by atoms with Crippen molar-refractivity contribution in [1.29, 1.82) is 0 Å². The molecule has 2 aromatic carbocycles. The molecule has 3 aromatic rings. The van der Waals surface area contributed by atoms with Crippen molar-refractivity contribution < 1.29 is 0 Å². The molecule has 1 aromatic heterocycles. The first-order valence-corrected chi connectivity index (χ1v) is 9.00. The summed E-state index contributed by atoms with van der Waals surface area (Å²) in [7, 11) is 0. The van der Waals surface area contributed by atoms with Crippen LogP contribution in [0, 0.1) is 6.92 Å². The summed E-state index contributed by atoms with van der Waals surface area (Å²) in [5.74, 6) is 0. The first kappa shape index (κ1) is 16.6. The van der Waals surface area contributed by atoms with E-state index in [2.05, 4.69) is 24.9 Å². The zero-order valence-electron chi connectivity index (χ0n) is 15.3. The topological polar surface area (TPSA) is 54.9 Å². The Kier molecular flexibility index (Phi) is 3.72. The molecule has 0 amide bonds. The third-order valence-corrected chi connectivity index (χ3v) is 5.61. The van der Waals surface area contributed by atoms with Gasteiger partial charge < -0.3 is 4.98 Å². The summed E-state index contributed by atoms with van der Waals surface area (Å²) in [4.78, 5) is 29.3. The summed E-state index contributed by atoms with van der Waals surface area (Å²) in [6, 6.07) is 15.5. The van der Waals surface area contributed by atoms with Crippen LogP contribution in [0.1, 0.15) is 37.0 Å². The van der Waals surface area contributed by atoms with Crippen LogP contribution in [0.3, 0.4) is 0 Å². The maximum absolute atomic E-state index is 13.5. The molecule has 0 saturated heterocycles. The molecule has 4 rings (SSSR count). The second-order valence-electron chi connectivity index (χ2n) is 7.41. The van der Waals surface area contributed by atoms with Crippen LogP contribution in [0.5, 0.6) is 0 Å². The summed E-state index contributed by atoms with van der Waals surface area (Å²) in [6.07, 6.45) is 1.62.